The van der Waals surface area contributed by atoms with Gasteiger partial charge in [0.1, 0.15) is 0 Å². The first-order valence-electron chi connectivity index (χ1n) is 12.0. The minimum Gasteiger partial charge on any atom is -0.257 e. The van der Waals surface area contributed by atoms with Crippen molar-refractivity contribution in [3.63, 3.8) is 0 Å². The van der Waals surface area contributed by atoms with E-state index < -0.39 is 0 Å². The van der Waals surface area contributed by atoms with Crippen LogP contribution in [0.25, 0.3) is 6.08 Å². The van der Waals surface area contributed by atoms with Crippen molar-refractivity contribution >= 4 is 17.5 Å². The fourth-order valence-corrected chi connectivity index (χ4v) is 5.06. The lowest BCUT2D eigenvalue weighted by Gasteiger charge is -2.33. The summed E-state index contributed by atoms with van der Waals surface area (Å²) in [4.78, 5) is 0. The Morgan fingerprint density at radius 2 is 1.39 bits per heavy atom. The second kappa shape index (κ2) is 9.39. The van der Waals surface area contributed by atoms with Crippen LogP contribution >= 0.6 is 0 Å². The molecule has 0 aliphatic carbocycles. The van der Waals surface area contributed by atoms with Gasteiger partial charge in [-0.2, -0.15) is 5.10 Å². The van der Waals surface area contributed by atoms with E-state index in [0.29, 0.717) is 5.41 Å². The first-order valence-corrected chi connectivity index (χ1v) is 12.0. The molecule has 0 fully saturated rings. The summed E-state index contributed by atoms with van der Waals surface area (Å²) in [6.07, 6.45) is 6.35. The third kappa shape index (κ3) is 5.82. The van der Waals surface area contributed by atoms with Gasteiger partial charge in [0.2, 0.25) is 0 Å². The van der Waals surface area contributed by atoms with E-state index in [1.165, 1.54) is 16.7 Å². The lowest BCUT2D eigenvalue weighted by Crippen LogP contribution is -2.25. The molecule has 0 N–H and O–H groups in total. The van der Waals surface area contributed by atoms with E-state index in [1.807, 2.05) is 6.07 Å². The highest BCUT2D eigenvalue weighted by Crippen LogP contribution is 2.39. The van der Waals surface area contributed by atoms with Crippen LogP contribution in [0.15, 0.2) is 96.1 Å². The molecule has 0 aromatic heterocycles. The van der Waals surface area contributed by atoms with Crippen molar-refractivity contribution in [2.75, 3.05) is 5.01 Å². The van der Waals surface area contributed by atoms with E-state index in [2.05, 4.69) is 131 Å². The fourth-order valence-electron chi connectivity index (χ4n) is 5.06. The van der Waals surface area contributed by atoms with Crippen molar-refractivity contribution < 1.29 is 0 Å². The molecule has 1 aliphatic heterocycles. The van der Waals surface area contributed by atoms with Gasteiger partial charge in [0.15, 0.2) is 0 Å². The smallest absolute Gasteiger partial charge is 0.0831 e. The van der Waals surface area contributed by atoms with Crippen molar-refractivity contribution in [1.29, 1.82) is 0 Å². The van der Waals surface area contributed by atoms with E-state index in [-0.39, 0.29) is 11.5 Å². The summed E-state index contributed by atoms with van der Waals surface area (Å²) in [6, 6.07) is 30.4. The van der Waals surface area contributed by atoms with Crippen LogP contribution in [0.3, 0.4) is 0 Å². The van der Waals surface area contributed by atoms with Crippen LogP contribution in [0.2, 0.25) is 0 Å². The zero-order valence-corrected chi connectivity index (χ0v) is 20.6. The molecule has 170 valence electrons. The number of rotatable bonds is 6. The molecule has 1 unspecified atom stereocenters. The molecule has 0 saturated heterocycles. The number of nitrogens with zero attached hydrogens (tertiary/aromatic N) is 2. The predicted octanol–water partition coefficient (Wildman–Crippen LogP) is 8.42. The first kappa shape index (κ1) is 23.0. The number of allylic oxidation sites excluding steroid dienone is 1. The van der Waals surface area contributed by atoms with Crippen molar-refractivity contribution in [2.45, 2.75) is 58.9 Å². The number of benzene rings is 3. The Bertz CT molecular complexity index is 1100. The Kier molecular flexibility index (Phi) is 6.56. The maximum Gasteiger partial charge on any atom is 0.0831 e. The van der Waals surface area contributed by atoms with Gasteiger partial charge >= 0.3 is 0 Å². The lowest BCUT2D eigenvalue weighted by molar-refractivity contribution is 0.284. The Balaban J connectivity index is 1.62. The molecule has 0 saturated carbocycles. The highest BCUT2D eigenvalue weighted by Gasteiger charge is 2.30. The number of hydrogen-bond donors (Lipinski definition) is 0. The minimum atomic E-state index is 0.132. The Morgan fingerprint density at radius 3 is 2.00 bits per heavy atom. The Morgan fingerprint density at radius 1 is 0.788 bits per heavy atom. The van der Waals surface area contributed by atoms with E-state index in [0.717, 1.165) is 24.2 Å². The molecular weight excluding hydrogens is 400 g/mol. The molecule has 1 heterocycles. The van der Waals surface area contributed by atoms with Gasteiger partial charge in [-0.1, -0.05) is 113 Å². The van der Waals surface area contributed by atoms with E-state index in [1.54, 1.807) is 0 Å². The van der Waals surface area contributed by atoms with Crippen LogP contribution in [-0.2, 0) is 5.41 Å². The van der Waals surface area contributed by atoms with Crippen LogP contribution < -0.4 is 5.01 Å². The van der Waals surface area contributed by atoms with Gasteiger partial charge < -0.3 is 0 Å². The highest BCUT2D eigenvalue weighted by molar-refractivity contribution is 6.01. The monoisotopic (exact) mass is 436 g/mol. The second-order valence-corrected chi connectivity index (χ2v) is 11.0. The molecule has 3 aromatic rings. The average Bonchev–Trinajstić information content (AvgIpc) is 3.22. The van der Waals surface area contributed by atoms with Crippen molar-refractivity contribution in [2.24, 2.45) is 10.5 Å². The largest absolute Gasteiger partial charge is 0.257 e. The minimum absolute atomic E-state index is 0.132. The summed E-state index contributed by atoms with van der Waals surface area (Å²) in [6.45, 7) is 11.6. The van der Waals surface area contributed by atoms with Crippen LogP contribution in [-0.4, -0.2) is 5.71 Å². The summed E-state index contributed by atoms with van der Waals surface area (Å²) in [5.41, 5.74) is 6.53. The molecule has 2 heteroatoms. The van der Waals surface area contributed by atoms with E-state index >= 15 is 0 Å². The zero-order chi connectivity index (χ0) is 23.5. The molecule has 0 bridgehead atoms. The zero-order valence-electron chi connectivity index (χ0n) is 20.6. The molecule has 2 nitrogen and oxygen atoms in total. The highest BCUT2D eigenvalue weighted by atomic mass is 15.5. The van der Waals surface area contributed by atoms with Crippen LogP contribution in [0, 0.1) is 5.41 Å². The second-order valence-electron chi connectivity index (χ2n) is 11.0. The first-order chi connectivity index (χ1) is 15.7. The fraction of sp³-hybridized carbons (Fsp3) is 0.323. The topological polar surface area (TPSA) is 15.6 Å². The standard InChI is InChI=1S/C31H36N2/c1-30(2,3)23-31(4,5)26-17-20-28(21-18-26)33-29(25-14-10-7-11-15-25)22-27(32-33)19-16-24-12-8-6-9-13-24/h6-21,29H,22-23H2,1-5H3. The SMILES string of the molecule is CC(C)(C)CC(C)(C)c1ccc(N2N=C(C=Cc3ccccc3)CC2c2ccccc2)cc1. The summed E-state index contributed by atoms with van der Waals surface area (Å²) >= 11 is 0. The van der Waals surface area contributed by atoms with Gasteiger partial charge in [0.05, 0.1) is 17.4 Å². The Hall–Kier alpha value is -3.13. The molecule has 1 atom stereocenters. The number of hydrogen-bond acceptors (Lipinski definition) is 2. The average molecular weight is 437 g/mol. The third-order valence-corrected chi connectivity index (χ3v) is 6.27. The summed E-state index contributed by atoms with van der Waals surface area (Å²) in [5.74, 6) is 0. The van der Waals surface area contributed by atoms with E-state index in [9.17, 15) is 0 Å². The Labute approximate surface area is 199 Å². The molecule has 0 amide bonds. The summed E-state index contributed by atoms with van der Waals surface area (Å²) < 4.78 is 0. The molecule has 0 spiro atoms. The van der Waals surface area contributed by atoms with Crippen LogP contribution in [0.5, 0.6) is 0 Å². The molecule has 33 heavy (non-hydrogen) atoms. The maximum atomic E-state index is 5.05. The van der Waals surface area contributed by atoms with Gasteiger partial charge in [-0.05, 0) is 52.1 Å². The number of anilines is 1. The van der Waals surface area contributed by atoms with Crippen LogP contribution in [0.4, 0.5) is 5.69 Å². The van der Waals surface area contributed by atoms with Gasteiger partial charge in [0.25, 0.3) is 0 Å². The summed E-state index contributed by atoms with van der Waals surface area (Å²) in [7, 11) is 0. The van der Waals surface area contributed by atoms with E-state index in [4.69, 9.17) is 5.10 Å². The molecule has 4 rings (SSSR count). The van der Waals surface area contributed by atoms with Gasteiger partial charge in [0, 0.05) is 6.42 Å². The van der Waals surface area contributed by atoms with Gasteiger partial charge in [-0.25, -0.2) is 0 Å². The molecular formula is C31H36N2. The van der Waals surface area contributed by atoms with Gasteiger partial charge in [-0.3, -0.25) is 5.01 Å². The van der Waals surface area contributed by atoms with Crippen LogP contribution in [0.1, 0.15) is 70.2 Å². The predicted molar refractivity (Wildman–Crippen MR) is 143 cm³/mol. The number of hydrazone groups is 1. The van der Waals surface area contributed by atoms with Crippen molar-refractivity contribution in [3.8, 4) is 0 Å². The van der Waals surface area contributed by atoms with Crippen molar-refractivity contribution in [3.05, 3.63) is 108 Å². The lowest BCUT2D eigenvalue weighted by atomic mass is 9.72. The summed E-state index contributed by atoms with van der Waals surface area (Å²) in [5, 5.41) is 7.24. The van der Waals surface area contributed by atoms with Crippen molar-refractivity contribution in [1.82, 2.24) is 0 Å². The van der Waals surface area contributed by atoms with Gasteiger partial charge in [-0.15, -0.1) is 0 Å². The quantitative estimate of drug-likeness (QED) is 0.378. The normalized spacial score (nSPS) is 16.9. The molecule has 3 aromatic carbocycles. The molecule has 1 aliphatic rings. The maximum absolute atomic E-state index is 5.05. The third-order valence-electron chi connectivity index (χ3n) is 6.27. The molecule has 0 radical (unpaired) electrons.